The van der Waals surface area contributed by atoms with Crippen LogP contribution in [0.5, 0.6) is 0 Å². The van der Waals surface area contributed by atoms with E-state index in [9.17, 15) is 4.79 Å². The molecule has 0 spiro atoms. The van der Waals surface area contributed by atoms with Crippen LogP contribution in [0.3, 0.4) is 0 Å². The van der Waals surface area contributed by atoms with E-state index in [0.717, 1.165) is 25.2 Å². The summed E-state index contributed by atoms with van der Waals surface area (Å²) in [6.07, 6.45) is -0.148. The number of hydrogen-bond donors (Lipinski definition) is 2. The Morgan fingerprint density at radius 1 is 1.16 bits per heavy atom. The molecule has 19 heavy (non-hydrogen) atoms. The molecule has 2 N–H and O–H groups in total. The molecule has 5 heteroatoms. The van der Waals surface area contributed by atoms with Gasteiger partial charge in [0.25, 0.3) is 0 Å². The molecule has 0 bridgehead atoms. The SMILES string of the molecule is O=C(O)N1CCN(Cc2cccc(CCO)c2)CC1. The predicted octanol–water partition coefficient (Wildman–Crippen LogP) is 1.02. The van der Waals surface area contributed by atoms with E-state index >= 15 is 0 Å². The van der Waals surface area contributed by atoms with Gasteiger partial charge in [0.05, 0.1) is 0 Å². The third kappa shape index (κ3) is 3.94. The number of piperazine rings is 1. The summed E-state index contributed by atoms with van der Waals surface area (Å²) in [6.45, 7) is 3.71. The molecule has 0 aliphatic carbocycles. The maximum Gasteiger partial charge on any atom is 0.407 e. The fraction of sp³-hybridized carbons (Fsp3) is 0.500. The van der Waals surface area contributed by atoms with Crippen LogP contribution in [0.1, 0.15) is 11.1 Å². The number of carbonyl (C=O) groups is 1. The first kappa shape index (κ1) is 13.8. The molecule has 1 amide bonds. The Labute approximate surface area is 113 Å². The molecule has 5 nitrogen and oxygen atoms in total. The zero-order valence-electron chi connectivity index (χ0n) is 11.0. The number of nitrogens with zero attached hydrogens (tertiary/aromatic N) is 2. The summed E-state index contributed by atoms with van der Waals surface area (Å²) in [5.74, 6) is 0. The molecule has 1 aliphatic rings. The van der Waals surface area contributed by atoms with Crippen LogP contribution < -0.4 is 0 Å². The second kappa shape index (κ2) is 6.54. The Morgan fingerprint density at radius 3 is 2.47 bits per heavy atom. The third-order valence-corrected chi connectivity index (χ3v) is 3.44. The van der Waals surface area contributed by atoms with Crippen molar-refractivity contribution < 1.29 is 15.0 Å². The van der Waals surface area contributed by atoms with E-state index in [1.165, 1.54) is 10.5 Å². The van der Waals surface area contributed by atoms with Gasteiger partial charge < -0.3 is 15.1 Å². The Bertz CT molecular complexity index is 428. The highest BCUT2D eigenvalue weighted by molar-refractivity contribution is 5.65. The summed E-state index contributed by atoms with van der Waals surface area (Å²) in [4.78, 5) is 14.5. The fourth-order valence-corrected chi connectivity index (χ4v) is 2.37. The Balaban J connectivity index is 1.88. The lowest BCUT2D eigenvalue weighted by Gasteiger charge is -2.33. The second-order valence-electron chi connectivity index (χ2n) is 4.84. The van der Waals surface area contributed by atoms with Gasteiger partial charge in [0.1, 0.15) is 0 Å². The Morgan fingerprint density at radius 2 is 1.84 bits per heavy atom. The molecule has 0 radical (unpaired) electrons. The number of aliphatic hydroxyl groups excluding tert-OH is 1. The highest BCUT2D eigenvalue weighted by Gasteiger charge is 2.20. The second-order valence-corrected chi connectivity index (χ2v) is 4.84. The molecule has 104 valence electrons. The van der Waals surface area contributed by atoms with E-state index in [0.29, 0.717) is 19.5 Å². The van der Waals surface area contributed by atoms with E-state index in [-0.39, 0.29) is 6.61 Å². The molecule has 1 aliphatic heterocycles. The van der Waals surface area contributed by atoms with Gasteiger partial charge in [0.15, 0.2) is 0 Å². The molecule has 1 heterocycles. The van der Waals surface area contributed by atoms with Gasteiger partial charge in [0, 0.05) is 39.3 Å². The zero-order chi connectivity index (χ0) is 13.7. The first-order valence-electron chi connectivity index (χ1n) is 6.58. The first-order valence-corrected chi connectivity index (χ1v) is 6.58. The molecule has 1 fully saturated rings. The summed E-state index contributed by atoms with van der Waals surface area (Å²) >= 11 is 0. The summed E-state index contributed by atoms with van der Waals surface area (Å²) in [7, 11) is 0. The quantitative estimate of drug-likeness (QED) is 0.852. The molecule has 1 saturated heterocycles. The van der Waals surface area contributed by atoms with Gasteiger partial charge in [0.2, 0.25) is 0 Å². The largest absolute Gasteiger partial charge is 0.465 e. The average Bonchev–Trinajstić information content (AvgIpc) is 2.40. The van der Waals surface area contributed by atoms with Gasteiger partial charge >= 0.3 is 6.09 Å². The highest BCUT2D eigenvalue weighted by Crippen LogP contribution is 2.11. The van der Waals surface area contributed by atoms with Crippen molar-refractivity contribution in [3.8, 4) is 0 Å². The van der Waals surface area contributed by atoms with Gasteiger partial charge in [-0.15, -0.1) is 0 Å². The van der Waals surface area contributed by atoms with Gasteiger partial charge in [-0.25, -0.2) is 4.79 Å². The minimum atomic E-state index is -0.829. The predicted molar refractivity (Wildman–Crippen MR) is 72.1 cm³/mol. The van der Waals surface area contributed by atoms with Crippen molar-refractivity contribution in [2.45, 2.75) is 13.0 Å². The first-order chi connectivity index (χ1) is 9.19. The molecule has 1 aromatic carbocycles. The van der Waals surface area contributed by atoms with Crippen LogP contribution in [0.25, 0.3) is 0 Å². The number of hydrogen-bond acceptors (Lipinski definition) is 3. The number of aliphatic hydroxyl groups is 1. The molecule has 1 aromatic rings. The number of rotatable bonds is 4. The van der Waals surface area contributed by atoms with Crippen LogP contribution in [0.15, 0.2) is 24.3 Å². The molecule has 0 unspecified atom stereocenters. The van der Waals surface area contributed by atoms with Crippen molar-refractivity contribution in [1.82, 2.24) is 9.80 Å². The summed E-state index contributed by atoms with van der Waals surface area (Å²) < 4.78 is 0. The summed E-state index contributed by atoms with van der Waals surface area (Å²) in [5, 5.41) is 17.8. The van der Waals surface area contributed by atoms with Crippen LogP contribution in [0, 0.1) is 0 Å². The van der Waals surface area contributed by atoms with Crippen LogP contribution in [-0.2, 0) is 13.0 Å². The summed E-state index contributed by atoms with van der Waals surface area (Å²) in [5.41, 5.74) is 2.36. The molecule has 0 aromatic heterocycles. The molecule has 2 rings (SSSR count). The van der Waals surface area contributed by atoms with Gasteiger partial charge in [-0.3, -0.25) is 4.90 Å². The standard InChI is InChI=1S/C14H20N2O3/c17-9-4-12-2-1-3-13(10-12)11-15-5-7-16(8-6-15)14(18)19/h1-3,10,17H,4-9,11H2,(H,18,19). The van der Waals surface area contributed by atoms with E-state index < -0.39 is 6.09 Å². The van der Waals surface area contributed by atoms with Gasteiger partial charge in [-0.2, -0.15) is 0 Å². The lowest BCUT2D eigenvalue weighted by Crippen LogP contribution is -2.47. The average molecular weight is 264 g/mol. The lowest BCUT2D eigenvalue weighted by molar-refractivity contribution is 0.103. The van der Waals surface area contributed by atoms with Gasteiger partial charge in [-0.1, -0.05) is 24.3 Å². The van der Waals surface area contributed by atoms with Crippen LogP contribution in [-0.4, -0.2) is 58.9 Å². The summed E-state index contributed by atoms with van der Waals surface area (Å²) in [6, 6.07) is 8.21. The minimum Gasteiger partial charge on any atom is -0.465 e. The number of benzene rings is 1. The van der Waals surface area contributed by atoms with Gasteiger partial charge in [-0.05, 0) is 17.5 Å². The van der Waals surface area contributed by atoms with Crippen molar-refractivity contribution in [2.75, 3.05) is 32.8 Å². The van der Waals surface area contributed by atoms with Crippen LogP contribution in [0.2, 0.25) is 0 Å². The molecule has 0 saturated carbocycles. The van der Waals surface area contributed by atoms with Crippen LogP contribution in [0.4, 0.5) is 4.79 Å². The molecular weight excluding hydrogens is 244 g/mol. The van der Waals surface area contributed by atoms with E-state index in [1.807, 2.05) is 12.1 Å². The smallest absolute Gasteiger partial charge is 0.407 e. The number of carboxylic acid groups (broad SMARTS) is 1. The van der Waals surface area contributed by atoms with E-state index in [4.69, 9.17) is 10.2 Å². The van der Waals surface area contributed by atoms with Crippen molar-refractivity contribution >= 4 is 6.09 Å². The monoisotopic (exact) mass is 264 g/mol. The fourth-order valence-electron chi connectivity index (χ4n) is 2.37. The maximum absolute atomic E-state index is 10.8. The normalized spacial score (nSPS) is 16.6. The Hall–Kier alpha value is -1.59. The minimum absolute atomic E-state index is 0.167. The zero-order valence-corrected chi connectivity index (χ0v) is 11.0. The molecule has 0 atom stereocenters. The third-order valence-electron chi connectivity index (χ3n) is 3.44. The van der Waals surface area contributed by atoms with Crippen molar-refractivity contribution in [2.24, 2.45) is 0 Å². The topological polar surface area (TPSA) is 64.0 Å². The van der Waals surface area contributed by atoms with Crippen molar-refractivity contribution in [3.05, 3.63) is 35.4 Å². The van der Waals surface area contributed by atoms with Crippen LogP contribution >= 0.6 is 0 Å². The van der Waals surface area contributed by atoms with Crippen molar-refractivity contribution in [3.63, 3.8) is 0 Å². The Kier molecular flexibility index (Phi) is 4.76. The molecular formula is C14H20N2O3. The van der Waals surface area contributed by atoms with E-state index in [1.54, 1.807) is 0 Å². The number of amides is 1. The van der Waals surface area contributed by atoms with Crippen molar-refractivity contribution in [1.29, 1.82) is 0 Å². The highest BCUT2D eigenvalue weighted by atomic mass is 16.4. The van der Waals surface area contributed by atoms with E-state index in [2.05, 4.69) is 17.0 Å². The maximum atomic E-state index is 10.8. The lowest BCUT2D eigenvalue weighted by atomic mass is 10.1.